The fraction of sp³-hybridized carbons (Fsp3) is 0.172. The molecule has 19 aromatic rings. The summed E-state index contributed by atoms with van der Waals surface area (Å²) in [4.78, 5) is 5.09. The molecule has 0 saturated heterocycles. The Labute approximate surface area is 736 Å². The maximum absolute atomic E-state index is 10.7. The van der Waals surface area contributed by atoms with Crippen LogP contribution in [0.5, 0.6) is 0 Å². The van der Waals surface area contributed by atoms with Crippen molar-refractivity contribution in [2.75, 3.05) is 9.80 Å². The third kappa shape index (κ3) is 12.9. The van der Waals surface area contributed by atoms with Gasteiger partial charge in [0.25, 0.3) is 6.71 Å². The van der Waals surface area contributed by atoms with Crippen LogP contribution < -0.4 is 26.2 Å². The highest BCUT2D eigenvalue weighted by Gasteiger charge is 2.47. The predicted molar refractivity (Wildman–Crippen MR) is 532 cm³/mol. The van der Waals surface area contributed by atoms with E-state index in [1.165, 1.54) is 20.5 Å². The van der Waals surface area contributed by atoms with Gasteiger partial charge in [-0.25, -0.2) is 0 Å². The first kappa shape index (κ1) is 69.1. The highest BCUT2D eigenvalue weighted by Crippen LogP contribution is 2.58. The average molecular weight is 1620 g/mol. The summed E-state index contributed by atoms with van der Waals surface area (Å²) in [5.74, 6) is 0. The number of nitrogens with zero attached hydrogens (tertiary/aromatic N) is 3. The third-order valence-electron chi connectivity index (χ3n) is 25.5. The number of aromatic nitrogens is 1. The van der Waals surface area contributed by atoms with Crippen LogP contribution in [0.15, 0.2) is 333 Å². The molecule has 122 heavy (non-hydrogen) atoms. The molecule has 0 fully saturated rings. The Balaban J connectivity index is 1.00. The van der Waals surface area contributed by atoms with E-state index in [2.05, 4.69) is 346 Å². The van der Waals surface area contributed by atoms with Crippen LogP contribution in [-0.4, -0.2) is 11.3 Å². The maximum atomic E-state index is 10.7. The summed E-state index contributed by atoms with van der Waals surface area (Å²) in [7, 11) is 0. The van der Waals surface area contributed by atoms with E-state index in [0.717, 1.165) is 170 Å². The molecule has 3 nitrogen and oxygen atoms in total. The van der Waals surface area contributed by atoms with Crippen molar-refractivity contribution in [2.45, 2.75) is 131 Å². The summed E-state index contributed by atoms with van der Waals surface area (Å²) in [6.07, 6.45) is 0. The highest BCUT2D eigenvalue weighted by molar-refractivity contribution is 7.26. The minimum absolute atomic E-state index is 0.0368. The lowest BCUT2D eigenvalue weighted by molar-refractivity contribution is 0.590. The molecule has 594 valence electrons. The molecule has 0 unspecified atom stereocenters. The summed E-state index contributed by atoms with van der Waals surface area (Å²) in [6, 6.07) is 106. The molecule has 0 bridgehead atoms. The molecule has 2 aliphatic rings. The van der Waals surface area contributed by atoms with Gasteiger partial charge in [0.2, 0.25) is 0 Å². The Bertz CT molecular complexity index is 7630. The van der Waals surface area contributed by atoms with Crippen LogP contribution >= 0.6 is 22.7 Å². The van der Waals surface area contributed by atoms with Gasteiger partial charge < -0.3 is 14.4 Å². The molecule has 0 aliphatic carbocycles. The summed E-state index contributed by atoms with van der Waals surface area (Å²) in [5.41, 5.74) is 25.4. The molecular formula is C116H100BN3S2. The van der Waals surface area contributed by atoms with Crippen LogP contribution in [0.25, 0.3) is 146 Å². The lowest BCUT2D eigenvalue weighted by atomic mass is 9.33. The standard InChI is InChI=1S/C116H100BN3S2/c1-112(2,3)79-51-48-72(49-52-79)77-50-57-99-96(61-77)117-95-56-55-84(118-97-58-53-80(113(4,5)6)64-91(97)92-65-81(114(7,8)9)54-59-98(92)118)70-100(95)120(110-89(73-34-21-17-22-35-73)66-82(115(10,11)12)67-90(110)74-36-23-18-24-37-74)102-63-78(76-39-29-38-75(60-76)71-32-19-16-20-33-71)62-101(109(102)117)119(99)111-93(85-42-30-46-105-107(85)87-40-25-27-44-103(87)121-105)68-83(116(13,14)15)69-94(111)86-43-31-47-106-108(86)88-41-26-28-45-104(88)122-106/h16-70H,1-15H3/i29D,38D,39D,48D,49D,51D,52D. The number of fused-ring (bicyclic) bond motifs is 13. The number of thiophene rings is 2. The molecule has 21 rings (SSSR count). The number of hydrogen-bond donors (Lipinski definition) is 0. The summed E-state index contributed by atoms with van der Waals surface area (Å²) in [5, 5.41) is 6.87. The van der Waals surface area contributed by atoms with Gasteiger partial charge in [0.05, 0.1) is 32.0 Å². The molecule has 5 heterocycles. The second kappa shape index (κ2) is 28.5. The number of hydrogen-bond acceptors (Lipinski definition) is 4. The smallest absolute Gasteiger partial charge is 0.252 e. The summed E-state index contributed by atoms with van der Waals surface area (Å²) in [6.45, 7) is 32.8. The van der Waals surface area contributed by atoms with Gasteiger partial charge >= 0.3 is 0 Å². The van der Waals surface area contributed by atoms with Crippen LogP contribution in [-0.2, 0) is 27.1 Å². The summed E-state index contributed by atoms with van der Waals surface area (Å²) < 4.78 is 78.6. The van der Waals surface area contributed by atoms with Crippen LogP contribution in [0.4, 0.5) is 34.1 Å². The first-order valence-corrected chi connectivity index (χ1v) is 44.4. The molecule has 0 spiro atoms. The van der Waals surface area contributed by atoms with Crippen molar-refractivity contribution >= 4 is 142 Å². The quantitative estimate of drug-likeness (QED) is 0.126. The van der Waals surface area contributed by atoms with Gasteiger partial charge in [0.1, 0.15) is 0 Å². The van der Waals surface area contributed by atoms with Crippen molar-refractivity contribution in [3.8, 4) is 83.6 Å². The van der Waals surface area contributed by atoms with E-state index in [9.17, 15) is 9.60 Å². The average Bonchev–Trinajstić information content (AvgIpc) is 0.797. The second-order valence-electron chi connectivity index (χ2n) is 38.7. The van der Waals surface area contributed by atoms with Crippen molar-refractivity contribution in [3.63, 3.8) is 0 Å². The SMILES string of the molecule is [2H]c1c(-c2ccccc2)cc(-c2cc3c4c(c2)N(c2c(-c5cccc6sc7ccccc7c56)cc(C(C)(C)C)cc2-c2cccc5sc6ccccc6c25)c2ccc(-c5c([2H])c([2H])c(C(C)(C)C)c([2H])c5[2H])cc2B4c2ccc(-n4c5ccc(C(C)(C)C)cc5c5cc(C(C)(C)C)ccc54)cc2N3c2c(-c3ccccc3)cc(C(C)(C)C)cc2-c2ccccc2)c([2H])c1[2H]. The van der Waals surface area contributed by atoms with Gasteiger partial charge in [-0.3, -0.25) is 0 Å². The molecule has 0 radical (unpaired) electrons. The van der Waals surface area contributed by atoms with E-state index < -0.39 is 17.5 Å². The number of anilines is 6. The van der Waals surface area contributed by atoms with Crippen LogP contribution in [0.3, 0.4) is 0 Å². The monoisotopic (exact) mass is 1620 g/mol. The third-order valence-corrected chi connectivity index (χ3v) is 27.8. The fourth-order valence-electron chi connectivity index (χ4n) is 19.0. The lowest BCUT2D eigenvalue weighted by Gasteiger charge is -2.46. The Morgan fingerprint density at radius 2 is 0.705 bits per heavy atom. The van der Waals surface area contributed by atoms with Gasteiger partial charge in [-0.15, -0.1) is 22.7 Å². The van der Waals surface area contributed by atoms with Gasteiger partial charge in [-0.1, -0.05) is 328 Å². The highest BCUT2D eigenvalue weighted by atomic mass is 32.1. The maximum Gasteiger partial charge on any atom is 0.252 e. The minimum atomic E-state index is -0.728. The first-order valence-electron chi connectivity index (χ1n) is 46.3. The zero-order valence-corrected chi connectivity index (χ0v) is 73.6. The Kier molecular flexibility index (Phi) is 16.2. The largest absolute Gasteiger partial charge is 0.310 e. The van der Waals surface area contributed by atoms with Crippen molar-refractivity contribution in [1.29, 1.82) is 0 Å². The minimum Gasteiger partial charge on any atom is -0.310 e. The Morgan fingerprint density at radius 3 is 1.20 bits per heavy atom. The van der Waals surface area contributed by atoms with E-state index in [0.29, 0.717) is 27.8 Å². The Hall–Kier alpha value is -12.6. The Morgan fingerprint density at radius 1 is 0.262 bits per heavy atom. The van der Waals surface area contributed by atoms with E-state index in [-0.39, 0.29) is 64.1 Å². The van der Waals surface area contributed by atoms with Crippen molar-refractivity contribution in [2.24, 2.45) is 0 Å². The molecule has 0 saturated carbocycles. The number of rotatable bonds is 10. The first-order chi connectivity index (χ1) is 61.6. The molecule has 2 aliphatic heterocycles. The molecule has 6 heteroatoms. The van der Waals surface area contributed by atoms with Gasteiger partial charge in [-0.2, -0.15) is 0 Å². The van der Waals surface area contributed by atoms with Gasteiger partial charge in [0, 0.05) is 102 Å². The van der Waals surface area contributed by atoms with Gasteiger partial charge in [-0.05, 0) is 236 Å². The molecule has 3 aromatic heterocycles. The zero-order valence-electron chi connectivity index (χ0n) is 78.9. The molecule has 0 amide bonds. The van der Waals surface area contributed by atoms with E-state index in [1.54, 1.807) is 22.7 Å². The molecule has 16 aromatic carbocycles. The molecule has 0 N–H and O–H groups in total. The number of benzene rings is 16. The van der Waals surface area contributed by atoms with Crippen LogP contribution in [0.1, 0.15) is 141 Å². The lowest BCUT2D eigenvalue weighted by Crippen LogP contribution is -2.61. The van der Waals surface area contributed by atoms with Crippen molar-refractivity contribution < 1.29 is 9.60 Å². The van der Waals surface area contributed by atoms with Crippen molar-refractivity contribution in [1.82, 2.24) is 4.57 Å². The second-order valence-corrected chi connectivity index (χ2v) is 40.9. The van der Waals surface area contributed by atoms with E-state index in [1.807, 2.05) is 63.2 Å². The predicted octanol–water partition coefficient (Wildman–Crippen LogP) is 31.8. The normalized spacial score (nSPS) is 14.0. The van der Waals surface area contributed by atoms with Gasteiger partial charge in [0.15, 0.2) is 0 Å². The zero-order chi connectivity index (χ0) is 89.9. The van der Waals surface area contributed by atoms with Crippen molar-refractivity contribution in [3.05, 3.63) is 361 Å². The fourth-order valence-corrected chi connectivity index (χ4v) is 21.3. The topological polar surface area (TPSA) is 11.4 Å². The molecule has 0 atom stereocenters. The van der Waals surface area contributed by atoms with Crippen LogP contribution in [0.2, 0.25) is 0 Å². The van der Waals surface area contributed by atoms with E-state index >= 15 is 0 Å². The molecular weight excluding hydrogens is 1510 g/mol. The van der Waals surface area contributed by atoms with E-state index in [4.69, 9.17) is 0 Å². The summed E-state index contributed by atoms with van der Waals surface area (Å²) >= 11 is 3.60. The van der Waals surface area contributed by atoms with Crippen LogP contribution in [0, 0.1) is 0 Å².